The van der Waals surface area contributed by atoms with Gasteiger partial charge >= 0.3 is 6.03 Å². The fourth-order valence-electron chi connectivity index (χ4n) is 3.40. The summed E-state index contributed by atoms with van der Waals surface area (Å²) in [5.41, 5.74) is 2.31. The molecule has 1 N–H and O–H groups in total. The summed E-state index contributed by atoms with van der Waals surface area (Å²) in [6, 6.07) is 8.25. The molecular weight excluding hydrogens is 278 g/mol. The SMILES string of the molecule is CNC(=O)CC1CCN(C(=O)N2CCc3ccccc32)CC1. The number of rotatable bonds is 2. The summed E-state index contributed by atoms with van der Waals surface area (Å²) >= 11 is 0. The Morgan fingerprint density at radius 1 is 1.18 bits per heavy atom. The van der Waals surface area contributed by atoms with Crippen molar-refractivity contribution < 1.29 is 9.59 Å². The third kappa shape index (κ3) is 2.93. The fraction of sp³-hybridized carbons (Fsp3) is 0.529. The molecule has 1 aromatic rings. The molecule has 22 heavy (non-hydrogen) atoms. The monoisotopic (exact) mass is 301 g/mol. The first-order valence-corrected chi connectivity index (χ1v) is 8.04. The molecule has 1 fully saturated rings. The van der Waals surface area contributed by atoms with Crippen molar-refractivity contribution in [3.8, 4) is 0 Å². The van der Waals surface area contributed by atoms with E-state index in [-0.39, 0.29) is 11.9 Å². The number of carbonyl (C=O) groups is 2. The topological polar surface area (TPSA) is 52.7 Å². The minimum absolute atomic E-state index is 0.0956. The second kappa shape index (κ2) is 6.38. The highest BCUT2D eigenvalue weighted by atomic mass is 16.2. The standard InChI is InChI=1S/C17H23N3O2/c1-18-16(21)12-13-6-9-19(10-7-13)17(22)20-11-8-14-4-2-3-5-15(14)20/h2-5,13H,6-12H2,1H3,(H,18,21). The van der Waals surface area contributed by atoms with Crippen LogP contribution in [-0.2, 0) is 11.2 Å². The quantitative estimate of drug-likeness (QED) is 0.908. The number of hydrogen-bond donors (Lipinski definition) is 1. The third-order valence-corrected chi connectivity index (χ3v) is 4.76. The van der Waals surface area contributed by atoms with Gasteiger partial charge in [0.25, 0.3) is 0 Å². The fourth-order valence-corrected chi connectivity index (χ4v) is 3.40. The van der Waals surface area contributed by atoms with Crippen molar-refractivity contribution in [2.24, 2.45) is 5.92 Å². The maximum absolute atomic E-state index is 12.7. The van der Waals surface area contributed by atoms with Crippen molar-refractivity contribution in [3.63, 3.8) is 0 Å². The van der Waals surface area contributed by atoms with Crippen LogP contribution in [0.4, 0.5) is 10.5 Å². The first-order valence-electron chi connectivity index (χ1n) is 8.04. The summed E-state index contributed by atoms with van der Waals surface area (Å²) in [7, 11) is 1.67. The van der Waals surface area contributed by atoms with E-state index in [0.717, 1.165) is 44.6 Å². The number of fused-ring (bicyclic) bond motifs is 1. The van der Waals surface area contributed by atoms with Crippen molar-refractivity contribution in [2.75, 3.05) is 31.6 Å². The van der Waals surface area contributed by atoms with Gasteiger partial charge in [-0.15, -0.1) is 0 Å². The van der Waals surface area contributed by atoms with E-state index in [9.17, 15) is 9.59 Å². The van der Waals surface area contributed by atoms with Crippen LogP contribution in [0.25, 0.3) is 0 Å². The average molecular weight is 301 g/mol. The van der Waals surface area contributed by atoms with Crippen LogP contribution in [0.2, 0.25) is 0 Å². The lowest BCUT2D eigenvalue weighted by molar-refractivity contribution is -0.121. The van der Waals surface area contributed by atoms with Gasteiger partial charge < -0.3 is 10.2 Å². The molecule has 3 rings (SSSR count). The Kier molecular flexibility index (Phi) is 4.32. The smallest absolute Gasteiger partial charge is 0.324 e. The van der Waals surface area contributed by atoms with Crippen molar-refractivity contribution in [1.82, 2.24) is 10.2 Å². The number of nitrogens with one attached hydrogen (secondary N) is 1. The predicted octanol–water partition coefficient (Wildman–Crippen LogP) is 2.02. The molecule has 2 heterocycles. The van der Waals surface area contributed by atoms with E-state index in [0.29, 0.717) is 12.3 Å². The van der Waals surface area contributed by atoms with Gasteiger partial charge in [-0.3, -0.25) is 9.69 Å². The van der Waals surface area contributed by atoms with Crippen molar-refractivity contribution >= 4 is 17.6 Å². The zero-order valence-corrected chi connectivity index (χ0v) is 13.0. The minimum Gasteiger partial charge on any atom is -0.359 e. The first-order chi connectivity index (χ1) is 10.7. The van der Waals surface area contributed by atoms with Crippen LogP contribution in [0.5, 0.6) is 0 Å². The maximum atomic E-state index is 12.7. The van der Waals surface area contributed by atoms with Crippen LogP contribution >= 0.6 is 0 Å². The minimum atomic E-state index is 0.0956. The molecule has 118 valence electrons. The van der Waals surface area contributed by atoms with Crippen molar-refractivity contribution in [2.45, 2.75) is 25.7 Å². The lowest BCUT2D eigenvalue weighted by atomic mass is 9.93. The number of likely N-dealkylation sites (tertiary alicyclic amines) is 1. The first kappa shape index (κ1) is 14.9. The van der Waals surface area contributed by atoms with Gasteiger partial charge in [-0.05, 0) is 36.8 Å². The number of para-hydroxylation sites is 1. The highest BCUT2D eigenvalue weighted by Gasteiger charge is 2.30. The Hall–Kier alpha value is -2.04. The number of anilines is 1. The van der Waals surface area contributed by atoms with Crippen molar-refractivity contribution in [3.05, 3.63) is 29.8 Å². The number of nitrogens with zero attached hydrogens (tertiary/aromatic N) is 2. The zero-order chi connectivity index (χ0) is 15.5. The Labute approximate surface area is 131 Å². The van der Waals surface area contributed by atoms with E-state index < -0.39 is 0 Å². The molecule has 2 aliphatic rings. The van der Waals surface area contributed by atoms with Crippen LogP contribution in [-0.4, -0.2) is 43.5 Å². The summed E-state index contributed by atoms with van der Waals surface area (Å²) in [5.74, 6) is 0.494. The van der Waals surface area contributed by atoms with Gasteiger partial charge in [0.05, 0.1) is 0 Å². The average Bonchev–Trinajstić information content (AvgIpc) is 2.99. The molecule has 1 saturated heterocycles. The van der Waals surface area contributed by atoms with Gasteiger partial charge in [-0.2, -0.15) is 0 Å². The van der Waals surface area contributed by atoms with Crippen LogP contribution in [0, 0.1) is 5.92 Å². The molecule has 0 bridgehead atoms. The summed E-state index contributed by atoms with van der Waals surface area (Å²) in [6.07, 6.45) is 3.34. The lowest BCUT2D eigenvalue weighted by Gasteiger charge is -2.34. The molecule has 2 aliphatic heterocycles. The molecule has 0 saturated carbocycles. The lowest BCUT2D eigenvalue weighted by Crippen LogP contribution is -2.46. The number of urea groups is 1. The van der Waals surface area contributed by atoms with Crippen LogP contribution in [0.3, 0.4) is 0 Å². The molecule has 0 aliphatic carbocycles. The molecule has 0 spiro atoms. The molecule has 0 unspecified atom stereocenters. The normalized spacial score (nSPS) is 18.2. The molecule has 0 aromatic heterocycles. The second-order valence-corrected chi connectivity index (χ2v) is 6.12. The molecule has 0 atom stereocenters. The van der Waals surface area contributed by atoms with E-state index >= 15 is 0 Å². The van der Waals surface area contributed by atoms with E-state index in [1.807, 2.05) is 28.0 Å². The summed E-state index contributed by atoms with van der Waals surface area (Å²) in [5, 5.41) is 2.67. The van der Waals surface area contributed by atoms with Gasteiger partial charge in [0.15, 0.2) is 0 Å². The van der Waals surface area contributed by atoms with E-state index in [1.165, 1.54) is 5.56 Å². The summed E-state index contributed by atoms with van der Waals surface area (Å²) in [6.45, 7) is 2.27. The summed E-state index contributed by atoms with van der Waals surface area (Å²) in [4.78, 5) is 28.0. The van der Waals surface area contributed by atoms with E-state index in [4.69, 9.17) is 0 Å². The highest BCUT2D eigenvalue weighted by Crippen LogP contribution is 2.29. The van der Waals surface area contributed by atoms with E-state index in [2.05, 4.69) is 11.4 Å². The van der Waals surface area contributed by atoms with E-state index in [1.54, 1.807) is 7.05 Å². The molecule has 5 heteroatoms. The largest absolute Gasteiger partial charge is 0.359 e. The number of hydrogen-bond acceptors (Lipinski definition) is 2. The number of carbonyl (C=O) groups excluding carboxylic acids is 2. The molecule has 0 radical (unpaired) electrons. The Balaban J connectivity index is 1.58. The van der Waals surface area contributed by atoms with Gasteiger partial charge in [-0.1, -0.05) is 18.2 Å². The predicted molar refractivity (Wildman–Crippen MR) is 85.9 cm³/mol. The Bertz CT molecular complexity index is 565. The molecule has 3 amide bonds. The molecular formula is C17H23N3O2. The van der Waals surface area contributed by atoms with Gasteiger partial charge in [0.1, 0.15) is 0 Å². The van der Waals surface area contributed by atoms with Gasteiger partial charge in [0, 0.05) is 38.8 Å². The van der Waals surface area contributed by atoms with Gasteiger partial charge in [0.2, 0.25) is 5.91 Å². The third-order valence-electron chi connectivity index (χ3n) is 4.76. The van der Waals surface area contributed by atoms with Gasteiger partial charge in [-0.25, -0.2) is 4.79 Å². The van der Waals surface area contributed by atoms with Crippen LogP contribution in [0.15, 0.2) is 24.3 Å². The Morgan fingerprint density at radius 2 is 1.91 bits per heavy atom. The van der Waals surface area contributed by atoms with Crippen LogP contribution < -0.4 is 10.2 Å². The zero-order valence-electron chi connectivity index (χ0n) is 13.0. The van der Waals surface area contributed by atoms with Crippen LogP contribution in [0.1, 0.15) is 24.8 Å². The molecule has 1 aromatic carbocycles. The summed E-state index contributed by atoms with van der Waals surface area (Å²) < 4.78 is 0. The highest BCUT2D eigenvalue weighted by molar-refractivity contribution is 5.94. The molecule has 5 nitrogen and oxygen atoms in total. The Morgan fingerprint density at radius 3 is 2.64 bits per heavy atom. The number of amides is 3. The number of piperidine rings is 1. The maximum Gasteiger partial charge on any atom is 0.324 e. The second-order valence-electron chi connectivity index (χ2n) is 6.12. The van der Waals surface area contributed by atoms with Crippen molar-refractivity contribution in [1.29, 1.82) is 0 Å². The number of benzene rings is 1.